The number of nitrogens with one attached hydrogen (secondary N) is 2. The second-order valence-electron chi connectivity index (χ2n) is 3.30. The zero-order chi connectivity index (χ0) is 12.8. The number of hydrogen-bond acceptors (Lipinski definition) is 5. The van der Waals surface area contributed by atoms with E-state index in [-0.39, 0.29) is 18.2 Å². The Bertz CT molecular complexity index is 580. The maximum atomic E-state index is 11.6. The van der Waals surface area contributed by atoms with Crippen LogP contribution in [0.5, 0.6) is 0 Å². The molecule has 0 aromatic carbocycles. The summed E-state index contributed by atoms with van der Waals surface area (Å²) >= 11 is 1.50. The largest absolute Gasteiger partial charge is 0.384 e. The van der Waals surface area contributed by atoms with Gasteiger partial charge in [-0.25, -0.2) is 0 Å². The standard InChI is InChI=1S/C11H10N4O2S/c16-3-1-2-8-4-9(18-7-8)5-12-11(17)10-6-13-15-14-10/h4,6-7,16H,3,5H2,(H,12,17)(H,13,14,15). The van der Waals surface area contributed by atoms with Crippen LogP contribution in [0.3, 0.4) is 0 Å². The fourth-order valence-electron chi connectivity index (χ4n) is 1.25. The van der Waals surface area contributed by atoms with Gasteiger partial charge in [0.15, 0.2) is 5.69 Å². The zero-order valence-corrected chi connectivity index (χ0v) is 10.1. The van der Waals surface area contributed by atoms with Crippen molar-refractivity contribution in [2.45, 2.75) is 6.54 Å². The van der Waals surface area contributed by atoms with Crippen LogP contribution in [-0.2, 0) is 6.54 Å². The molecule has 1 amide bonds. The van der Waals surface area contributed by atoms with E-state index < -0.39 is 0 Å². The Kier molecular flexibility index (Phi) is 4.06. The molecule has 2 heterocycles. The number of aromatic nitrogens is 3. The molecule has 2 aromatic heterocycles. The Labute approximate surface area is 107 Å². The van der Waals surface area contributed by atoms with Crippen LogP contribution < -0.4 is 5.32 Å². The summed E-state index contributed by atoms with van der Waals surface area (Å²) in [5, 5.41) is 22.8. The van der Waals surface area contributed by atoms with Gasteiger partial charge in [-0.05, 0) is 6.07 Å². The molecule has 0 aliphatic rings. The number of nitrogens with zero attached hydrogens (tertiary/aromatic N) is 2. The summed E-state index contributed by atoms with van der Waals surface area (Å²) in [5.74, 6) is 5.09. The number of carbonyl (C=O) groups excluding carboxylic acids is 1. The maximum absolute atomic E-state index is 11.6. The Hall–Kier alpha value is -2.17. The molecule has 6 nitrogen and oxygen atoms in total. The molecule has 0 saturated carbocycles. The molecule has 0 spiro atoms. The minimum atomic E-state index is -0.278. The monoisotopic (exact) mass is 262 g/mol. The lowest BCUT2D eigenvalue weighted by atomic mass is 10.3. The van der Waals surface area contributed by atoms with Crippen molar-refractivity contribution < 1.29 is 9.90 Å². The third-order valence-electron chi connectivity index (χ3n) is 2.04. The van der Waals surface area contributed by atoms with E-state index >= 15 is 0 Å². The highest BCUT2D eigenvalue weighted by molar-refractivity contribution is 7.10. The minimum Gasteiger partial charge on any atom is -0.384 e. The summed E-state index contributed by atoms with van der Waals surface area (Å²) in [6.07, 6.45) is 1.36. The average Bonchev–Trinajstić information content (AvgIpc) is 3.04. The number of thiophene rings is 1. The summed E-state index contributed by atoms with van der Waals surface area (Å²) in [5.41, 5.74) is 1.09. The number of H-pyrrole nitrogens is 1. The van der Waals surface area contributed by atoms with Crippen molar-refractivity contribution in [3.8, 4) is 11.8 Å². The van der Waals surface area contributed by atoms with Gasteiger partial charge in [0, 0.05) is 15.8 Å². The highest BCUT2D eigenvalue weighted by atomic mass is 32.1. The van der Waals surface area contributed by atoms with Gasteiger partial charge >= 0.3 is 0 Å². The first-order valence-electron chi connectivity index (χ1n) is 5.10. The third-order valence-corrected chi connectivity index (χ3v) is 2.97. The minimum absolute atomic E-state index is 0.159. The predicted octanol–water partition coefficient (Wildman–Crippen LogP) is 0.140. The van der Waals surface area contributed by atoms with E-state index in [4.69, 9.17) is 5.11 Å². The summed E-state index contributed by atoms with van der Waals surface area (Å²) in [6.45, 7) is 0.255. The molecule has 7 heteroatoms. The lowest BCUT2D eigenvalue weighted by Crippen LogP contribution is -2.22. The fourth-order valence-corrected chi connectivity index (χ4v) is 2.01. The summed E-state index contributed by atoms with van der Waals surface area (Å²) in [4.78, 5) is 12.5. The van der Waals surface area contributed by atoms with E-state index in [1.54, 1.807) is 0 Å². The van der Waals surface area contributed by atoms with Gasteiger partial charge in [-0.3, -0.25) is 4.79 Å². The van der Waals surface area contributed by atoms with Gasteiger partial charge in [-0.2, -0.15) is 15.4 Å². The maximum Gasteiger partial charge on any atom is 0.273 e. The third kappa shape index (κ3) is 3.16. The van der Waals surface area contributed by atoms with Crippen LogP contribution in [0.25, 0.3) is 0 Å². The van der Waals surface area contributed by atoms with Gasteiger partial charge < -0.3 is 10.4 Å². The number of aliphatic hydroxyl groups excluding tert-OH is 1. The predicted molar refractivity (Wildman–Crippen MR) is 65.8 cm³/mol. The molecule has 0 unspecified atom stereocenters. The topological polar surface area (TPSA) is 90.9 Å². The second kappa shape index (κ2) is 5.95. The van der Waals surface area contributed by atoms with Crippen LogP contribution in [0.4, 0.5) is 0 Å². The van der Waals surface area contributed by atoms with E-state index in [0.29, 0.717) is 6.54 Å². The number of aromatic amines is 1. The zero-order valence-electron chi connectivity index (χ0n) is 9.30. The van der Waals surface area contributed by atoms with Crippen molar-refractivity contribution in [2.75, 3.05) is 6.61 Å². The van der Waals surface area contributed by atoms with Crippen LogP contribution in [0.1, 0.15) is 20.9 Å². The first-order valence-corrected chi connectivity index (χ1v) is 5.98. The second-order valence-corrected chi connectivity index (χ2v) is 4.30. The van der Waals surface area contributed by atoms with Crippen molar-refractivity contribution in [3.63, 3.8) is 0 Å². The van der Waals surface area contributed by atoms with Gasteiger partial charge in [0.1, 0.15) is 6.61 Å². The molecular formula is C11H10N4O2S. The quantitative estimate of drug-likeness (QED) is 0.686. The van der Waals surface area contributed by atoms with Gasteiger partial charge in [0.2, 0.25) is 0 Å². The van der Waals surface area contributed by atoms with Gasteiger partial charge in [0.25, 0.3) is 5.91 Å². The van der Waals surface area contributed by atoms with E-state index in [9.17, 15) is 4.79 Å². The first kappa shape index (κ1) is 12.3. The lowest BCUT2D eigenvalue weighted by molar-refractivity contribution is 0.0946. The Morgan fingerprint density at radius 1 is 1.61 bits per heavy atom. The van der Waals surface area contributed by atoms with Crippen molar-refractivity contribution in [3.05, 3.63) is 33.8 Å². The summed E-state index contributed by atoms with van der Waals surface area (Å²) in [7, 11) is 0. The highest BCUT2D eigenvalue weighted by Gasteiger charge is 2.08. The summed E-state index contributed by atoms with van der Waals surface area (Å²) < 4.78 is 0. The summed E-state index contributed by atoms with van der Waals surface area (Å²) in [6, 6.07) is 1.87. The van der Waals surface area contributed by atoms with E-state index in [2.05, 4.69) is 32.6 Å². The van der Waals surface area contributed by atoms with E-state index in [1.807, 2.05) is 11.4 Å². The molecule has 0 atom stereocenters. The van der Waals surface area contributed by atoms with Gasteiger partial charge in [0.05, 0.1) is 12.7 Å². The molecule has 0 radical (unpaired) electrons. The van der Waals surface area contributed by atoms with Crippen LogP contribution in [-0.4, -0.2) is 33.0 Å². The number of rotatable bonds is 3. The van der Waals surface area contributed by atoms with Crippen molar-refractivity contribution in [1.29, 1.82) is 0 Å². The average molecular weight is 262 g/mol. The number of amides is 1. The molecule has 0 aliphatic carbocycles. The van der Waals surface area contributed by atoms with Crippen molar-refractivity contribution >= 4 is 17.2 Å². The highest BCUT2D eigenvalue weighted by Crippen LogP contribution is 2.13. The Morgan fingerprint density at radius 3 is 3.22 bits per heavy atom. The molecule has 0 bridgehead atoms. The van der Waals surface area contributed by atoms with Crippen LogP contribution in [0, 0.1) is 11.8 Å². The molecule has 0 fully saturated rings. The van der Waals surface area contributed by atoms with E-state index in [0.717, 1.165) is 10.4 Å². The Morgan fingerprint density at radius 2 is 2.50 bits per heavy atom. The van der Waals surface area contributed by atoms with Crippen LogP contribution >= 0.6 is 11.3 Å². The molecule has 3 N–H and O–H groups in total. The van der Waals surface area contributed by atoms with E-state index in [1.165, 1.54) is 17.5 Å². The number of hydrogen-bond donors (Lipinski definition) is 3. The van der Waals surface area contributed by atoms with Crippen LogP contribution in [0.2, 0.25) is 0 Å². The molecule has 92 valence electrons. The fraction of sp³-hybridized carbons (Fsp3) is 0.182. The lowest BCUT2D eigenvalue weighted by Gasteiger charge is -1.99. The van der Waals surface area contributed by atoms with Gasteiger partial charge in [-0.15, -0.1) is 11.3 Å². The first-order chi connectivity index (χ1) is 8.79. The molecule has 0 saturated heterocycles. The van der Waals surface area contributed by atoms with Crippen LogP contribution in [0.15, 0.2) is 17.6 Å². The Balaban J connectivity index is 1.90. The molecule has 2 aromatic rings. The van der Waals surface area contributed by atoms with Crippen molar-refractivity contribution in [2.24, 2.45) is 0 Å². The van der Waals surface area contributed by atoms with Gasteiger partial charge in [-0.1, -0.05) is 11.8 Å². The smallest absolute Gasteiger partial charge is 0.273 e. The molecular weight excluding hydrogens is 252 g/mol. The number of carbonyl (C=O) groups is 1. The molecule has 2 rings (SSSR count). The molecule has 0 aliphatic heterocycles. The molecule has 18 heavy (non-hydrogen) atoms. The normalized spacial score (nSPS) is 9.61. The number of aliphatic hydroxyl groups is 1. The SMILES string of the molecule is O=C(NCc1cc(C#CCO)cs1)c1cn[nH]n1. The van der Waals surface area contributed by atoms with Crippen molar-refractivity contribution in [1.82, 2.24) is 20.7 Å².